The van der Waals surface area contributed by atoms with Gasteiger partial charge >= 0.3 is 0 Å². The zero-order valence-corrected chi connectivity index (χ0v) is 24.9. The van der Waals surface area contributed by atoms with Crippen LogP contribution in [0.15, 0.2) is 47.7 Å². The molecule has 0 aliphatic carbocycles. The molecular weight excluding hydrogens is 560 g/mol. The number of ether oxygens (including phenoxy) is 2. The molecule has 3 aromatic rings. The molecule has 0 bridgehead atoms. The minimum Gasteiger partial charge on any atom is -0.493 e. The number of primary amides is 1. The predicted octanol–water partition coefficient (Wildman–Crippen LogP) is 2.04. The van der Waals surface area contributed by atoms with Gasteiger partial charge < -0.3 is 35.4 Å². The second kappa shape index (κ2) is 13.8. The van der Waals surface area contributed by atoms with Crippen LogP contribution >= 0.6 is 0 Å². The van der Waals surface area contributed by atoms with E-state index in [0.29, 0.717) is 46.7 Å². The van der Waals surface area contributed by atoms with Crippen LogP contribution in [0.2, 0.25) is 0 Å². The first-order valence-electron chi connectivity index (χ1n) is 14.0. The van der Waals surface area contributed by atoms with Crippen molar-refractivity contribution in [2.75, 3.05) is 56.8 Å². The fourth-order valence-corrected chi connectivity index (χ4v) is 4.90. The Morgan fingerprint density at radius 3 is 2.70 bits per heavy atom. The van der Waals surface area contributed by atoms with Gasteiger partial charge in [0.15, 0.2) is 23.1 Å². The topological polar surface area (TPSA) is 130 Å². The number of amides is 1. The van der Waals surface area contributed by atoms with Crippen molar-refractivity contribution in [1.29, 1.82) is 0 Å². The molecule has 1 aromatic heterocycles. The van der Waals surface area contributed by atoms with Crippen LogP contribution < -0.4 is 36.0 Å². The summed E-state index contributed by atoms with van der Waals surface area (Å²) < 4.78 is 42.3. The summed E-state index contributed by atoms with van der Waals surface area (Å²) in [5.74, 6) is -1.23. The van der Waals surface area contributed by atoms with Crippen molar-refractivity contribution in [2.24, 2.45) is 16.1 Å². The maximum Gasteiger partial charge on any atom is 0.239 e. The van der Waals surface area contributed by atoms with E-state index >= 15 is 0 Å². The van der Waals surface area contributed by atoms with E-state index in [2.05, 4.69) is 41.1 Å². The minimum absolute atomic E-state index is 0.0107. The molecule has 0 saturated heterocycles. The van der Waals surface area contributed by atoms with Gasteiger partial charge in [0.25, 0.3) is 0 Å². The molecule has 43 heavy (non-hydrogen) atoms. The molecule has 1 amide bonds. The number of nitrogens with zero attached hydrogens (tertiary/aromatic N) is 5. The number of carbonyl (C=O) groups is 1. The van der Waals surface area contributed by atoms with Crippen molar-refractivity contribution in [3.63, 3.8) is 0 Å². The largest absolute Gasteiger partial charge is 0.493 e. The van der Waals surface area contributed by atoms with E-state index in [9.17, 15) is 18.7 Å². The summed E-state index contributed by atoms with van der Waals surface area (Å²) in [7, 11) is 1.52. The molecule has 2 aromatic carbocycles. The number of anilines is 2. The quantitative estimate of drug-likeness (QED) is 0.240. The average molecular weight is 600 g/mol. The first-order valence-corrected chi connectivity index (χ1v) is 14.0. The van der Waals surface area contributed by atoms with Gasteiger partial charge in [0.1, 0.15) is 19.0 Å². The number of nitrogens with two attached hydrogens (primary N) is 1. The zero-order chi connectivity index (χ0) is 31.1. The molecule has 232 valence electrons. The number of aliphatic hydroxyl groups excluding tert-OH is 1. The molecular formula is C30H39F2N7O4. The Hall–Kier alpha value is -4.23. The fraction of sp³-hybridized carbons (Fsp3) is 0.433. The number of hydrogen-bond donors (Lipinski definition) is 3. The molecule has 0 spiro atoms. The van der Waals surface area contributed by atoms with E-state index in [4.69, 9.17) is 15.2 Å². The lowest BCUT2D eigenvalue weighted by atomic mass is 9.96. The summed E-state index contributed by atoms with van der Waals surface area (Å²) in [6, 6.07) is 7.42. The van der Waals surface area contributed by atoms with Gasteiger partial charge in [-0.3, -0.25) is 14.5 Å². The monoisotopic (exact) mass is 599 g/mol. The lowest BCUT2D eigenvalue weighted by molar-refractivity contribution is -0.118. The van der Waals surface area contributed by atoms with Gasteiger partial charge in [-0.15, -0.1) is 0 Å². The molecule has 0 unspecified atom stereocenters. The number of carbonyl (C=O) groups excluding carboxylic acids is 1. The molecule has 0 radical (unpaired) electrons. The summed E-state index contributed by atoms with van der Waals surface area (Å²) >= 11 is 0. The van der Waals surface area contributed by atoms with Gasteiger partial charge in [0.05, 0.1) is 43.3 Å². The summed E-state index contributed by atoms with van der Waals surface area (Å²) in [5.41, 5.74) is 5.87. The molecule has 13 heteroatoms. The zero-order valence-electron chi connectivity index (χ0n) is 24.9. The highest BCUT2D eigenvalue weighted by Gasteiger charge is 2.24. The van der Waals surface area contributed by atoms with Gasteiger partial charge in [-0.25, -0.2) is 8.78 Å². The van der Waals surface area contributed by atoms with Crippen LogP contribution in [0.25, 0.3) is 5.82 Å². The normalized spacial score (nSPS) is 13.1. The average Bonchev–Trinajstić information content (AvgIpc) is 3.37. The molecule has 0 fully saturated rings. The van der Waals surface area contributed by atoms with Crippen LogP contribution in [0.3, 0.4) is 0 Å². The number of nitrogens with one attached hydrogen (secondary N) is 1. The van der Waals surface area contributed by atoms with Crippen LogP contribution in [0.5, 0.6) is 11.5 Å². The third kappa shape index (κ3) is 8.20. The van der Waals surface area contributed by atoms with Crippen molar-refractivity contribution < 1.29 is 28.2 Å². The number of hydrogen-bond acceptors (Lipinski definition) is 9. The lowest BCUT2D eigenvalue weighted by Gasteiger charge is -2.29. The molecule has 0 atom stereocenters. The van der Waals surface area contributed by atoms with E-state index in [-0.39, 0.29) is 30.9 Å². The second-order valence-electron chi connectivity index (χ2n) is 11.4. The number of halogens is 2. The lowest BCUT2D eigenvalue weighted by Crippen LogP contribution is -2.43. The Morgan fingerprint density at radius 2 is 2.00 bits per heavy atom. The maximum atomic E-state index is 15.0. The summed E-state index contributed by atoms with van der Waals surface area (Å²) in [4.78, 5) is 19.7. The molecule has 11 nitrogen and oxygen atoms in total. The van der Waals surface area contributed by atoms with Gasteiger partial charge in [-0.05, 0) is 30.0 Å². The standard InChI is InChI=1S/C30H39F2N7O4/c1-30(2,3)18-37(10-11-40)9-6-12-43-26-14-23-21(13-25(26)42-4)29(36-20-15-35-38(16-20)17-27(33)41)39(19-34-23)24-8-5-7-22(31)28(24)32/h5,7-8,13-16,36,40H,6,9-12,17-19H2,1-4H3,(H2,33,41). The number of aromatic nitrogens is 2. The summed E-state index contributed by atoms with van der Waals surface area (Å²) in [6.45, 7) is 9.05. The van der Waals surface area contributed by atoms with Gasteiger partial charge in [-0.2, -0.15) is 5.10 Å². The van der Waals surface area contributed by atoms with Gasteiger partial charge in [0, 0.05) is 37.1 Å². The van der Waals surface area contributed by atoms with Gasteiger partial charge in [0.2, 0.25) is 5.91 Å². The SMILES string of the molecule is COc1cc2c(cc1OCCCN(CCO)CC(C)(C)C)=NCN(c1cccc(F)c1F)C=2Nc1cnn(CC(N)=O)c1. The Kier molecular flexibility index (Phi) is 10.2. The van der Waals surface area contributed by atoms with Crippen molar-refractivity contribution in [3.8, 4) is 11.5 Å². The first-order chi connectivity index (χ1) is 20.5. The molecule has 1 aliphatic heterocycles. The van der Waals surface area contributed by atoms with E-state index in [1.807, 2.05) is 0 Å². The molecule has 0 saturated carbocycles. The van der Waals surface area contributed by atoms with Crippen molar-refractivity contribution in [1.82, 2.24) is 14.7 Å². The molecule has 4 N–H and O–H groups in total. The van der Waals surface area contributed by atoms with E-state index in [0.717, 1.165) is 25.6 Å². The number of fused-ring (bicyclic) bond motifs is 1. The van der Waals surface area contributed by atoms with Crippen molar-refractivity contribution >= 4 is 23.1 Å². The highest BCUT2D eigenvalue weighted by Crippen LogP contribution is 2.29. The minimum atomic E-state index is -1.02. The van der Waals surface area contributed by atoms with E-state index < -0.39 is 17.5 Å². The van der Waals surface area contributed by atoms with E-state index in [1.54, 1.807) is 18.3 Å². The number of benzene rings is 2. The van der Waals surface area contributed by atoms with Crippen molar-refractivity contribution in [2.45, 2.75) is 33.7 Å². The highest BCUT2D eigenvalue weighted by molar-refractivity contribution is 5.78. The van der Waals surface area contributed by atoms with Crippen LogP contribution in [0.1, 0.15) is 27.2 Å². The van der Waals surface area contributed by atoms with Crippen LogP contribution in [0, 0.1) is 17.0 Å². The van der Waals surface area contributed by atoms with Crippen LogP contribution in [-0.4, -0.2) is 72.3 Å². The number of aliphatic hydroxyl groups is 1. The third-order valence-corrected chi connectivity index (χ3v) is 6.62. The predicted molar refractivity (Wildman–Crippen MR) is 159 cm³/mol. The number of rotatable bonds is 14. The Morgan fingerprint density at radius 1 is 1.21 bits per heavy atom. The highest BCUT2D eigenvalue weighted by atomic mass is 19.2. The Bertz CT molecular complexity index is 1550. The van der Waals surface area contributed by atoms with Crippen LogP contribution in [0.4, 0.5) is 20.2 Å². The molecule has 4 rings (SSSR count). The summed E-state index contributed by atoms with van der Waals surface area (Å²) in [5, 5.41) is 17.9. The second-order valence-corrected chi connectivity index (χ2v) is 11.4. The van der Waals surface area contributed by atoms with Crippen LogP contribution in [-0.2, 0) is 11.3 Å². The smallest absolute Gasteiger partial charge is 0.239 e. The van der Waals surface area contributed by atoms with E-state index in [1.165, 1.54) is 35.0 Å². The third-order valence-electron chi connectivity index (χ3n) is 6.62. The number of methoxy groups -OCH3 is 1. The molecule has 2 heterocycles. The fourth-order valence-electron chi connectivity index (χ4n) is 4.90. The van der Waals surface area contributed by atoms with Gasteiger partial charge in [-0.1, -0.05) is 26.8 Å². The Balaban J connectivity index is 1.66. The first kappa shape index (κ1) is 31.7. The summed E-state index contributed by atoms with van der Waals surface area (Å²) in [6.07, 6.45) is 3.81. The molecule has 1 aliphatic rings. The van der Waals surface area contributed by atoms with Crippen molar-refractivity contribution in [3.05, 3.63) is 64.9 Å². The Labute approximate surface area is 249 Å². The maximum absolute atomic E-state index is 15.0.